The lowest BCUT2D eigenvalue weighted by Gasteiger charge is -2.19. The molecule has 0 saturated carbocycles. The zero-order valence-corrected chi connectivity index (χ0v) is 16.6. The van der Waals surface area contributed by atoms with Gasteiger partial charge >= 0.3 is 0 Å². The number of aryl methyl sites for hydroxylation is 2. The Balaban J connectivity index is 1.96. The zero-order valence-electron chi connectivity index (χ0n) is 16.6. The second-order valence-electron chi connectivity index (χ2n) is 7.73. The minimum Gasteiger partial charge on any atom is -0.508 e. The summed E-state index contributed by atoms with van der Waals surface area (Å²) >= 11 is 0. The molecule has 0 saturated heterocycles. The van der Waals surface area contributed by atoms with Crippen molar-refractivity contribution in [1.29, 1.82) is 0 Å². The van der Waals surface area contributed by atoms with Crippen molar-refractivity contribution in [2.45, 2.75) is 13.8 Å². The summed E-state index contributed by atoms with van der Waals surface area (Å²) < 4.78 is 0. The first kappa shape index (κ1) is 17.5. The Morgan fingerprint density at radius 2 is 1.21 bits per heavy atom. The van der Waals surface area contributed by atoms with Crippen LogP contribution >= 0.6 is 0 Å². The molecule has 0 atom stereocenters. The fraction of sp³-hybridized carbons (Fsp3) is 0.0714. The number of hydrogen-bond donors (Lipinski definition) is 1. The fourth-order valence-corrected chi connectivity index (χ4v) is 4.36. The third-order valence-corrected chi connectivity index (χ3v) is 5.77. The lowest BCUT2D eigenvalue weighted by Crippen LogP contribution is -1.94. The van der Waals surface area contributed by atoms with Crippen LogP contribution in [0.2, 0.25) is 0 Å². The number of fused-ring (bicyclic) bond motifs is 2. The minimum absolute atomic E-state index is 0.288. The molecule has 140 valence electrons. The highest BCUT2D eigenvalue weighted by Gasteiger charge is 2.17. The Kier molecular flexibility index (Phi) is 4.10. The van der Waals surface area contributed by atoms with E-state index in [0.717, 1.165) is 5.56 Å². The van der Waals surface area contributed by atoms with Crippen LogP contribution in [0, 0.1) is 13.8 Å². The van der Waals surface area contributed by atoms with E-state index in [9.17, 15) is 5.11 Å². The van der Waals surface area contributed by atoms with Crippen LogP contribution < -0.4 is 0 Å². The first-order valence-electron chi connectivity index (χ1n) is 9.93. The maximum atomic E-state index is 9.79. The normalized spacial score (nSPS) is 11.2. The minimum atomic E-state index is 0.288. The van der Waals surface area contributed by atoms with Crippen LogP contribution in [-0.2, 0) is 0 Å². The van der Waals surface area contributed by atoms with Crippen molar-refractivity contribution in [2.75, 3.05) is 0 Å². The molecule has 0 spiro atoms. The van der Waals surface area contributed by atoms with Gasteiger partial charge in [0.05, 0.1) is 0 Å². The Morgan fingerprint density at radius 3 is 1.93 bits per heavy atom. The Morgan fingerprint density at radius 1 is 0.552 bits per heavy atom. The van der Waals surface area contributed by atoms with E-state index in [-0.39, 0.29) is 5.75 Å². The second kappa shape index (κ2) is 6.79. The second-order valence-corrected chi connectivity index (χ2v) is 7.73. The summed E-state index contributed by atoms with van der Waals surface area (Å²) in [6, 6.07) is 31.5. The van der Waals surface area contributed by atoms with E-state index in [4.69, 9.17) is 0 Å². The molecule has 0 bridgehead atoms. The van der Waals surface area contributed by atoms with E-state index in [1.54, 1.807) is 12.1 Å². The van der Waals surface area contributed by atoms with Gasteiger partial charge in [-0.3, -0.25) is 0 Å². The standard InChI is InChI=1S/C28H22O/c1-18-7-3-6-10-25(18)28-26-17-22-9-5-4-8-21(22)16-23(26)15-19(2)27(28)20-11-13-24(29)14-12-20/h3-17,29H,1-2H3. The molecule has 0 radical (unpaired) electrons. The molecule has 1 nitrogen and oxygen atoms in total. The van der Waals surface area contributed by atoms with Crippen molar-refractivity contribution in [2.24, 2.45) is 0 Å². The monoisotopic (exact) mass is 374 g/mol. The van der Waals surface area contributed by atoms with Crippen molar-refractivity contribution in [3.05, 3.63) is 102 Å². The van der Waals surface area contributed by atoms with Gasteiger partial charge in [-0.1, -0.05) is 66.7 Å². The summed E-state index contributed by atoms with van der Waals surface area (Å²) in [5, 5.41) is 14.8. The molecule has 5 rings (SSSR count). The number of rotatable bonds is 2. The van der Waals surface area contributed by atoms with Crippen molar-refractivity contribution < 1.29 is 5.11 Å². The lowest BCUT2D eigenvalue weighted by molar-refractivity contribution is 0.475. The van der Waals surface area contributed by atoms with Crippen LogP contribution in [0.4, 0.5) is 0 Å². The van der Waals surface area contributed by atoms with E-state index in [1.165, 1.54) is 49.4 Å². The van der Waals surface area contributed by atoms with Crippen molar-refractivity contribution in [1.82, 2.24) is 0 Å². The number of phenols is 1. The summed E-state index contributed by atoms with van der Waals surface area (Å²) in [5.74, 6) is 0.288. The summed E-state index contributed by atoms with van der Waals surface area (Å²) in [6.45, 7) is 4.35. The molecule has 5 aromatic carbocycles. The molecular weight excluding hydrogens is 352 g/mol. The molecule has 1 heteroatoms. The third kappa shape index (κ3) is 2.96. The smallest absolute Gasteiger partial charge is 0.115 e. The van der Waals surface area contributed by atoms with Gasteiger partial charge < -0.3 is 5.11 Å². The number of phenolic OH excluding ortho intramolecular Hbond substituents is 1. The van der Waals surface area contributed by atoms with Gasteiger partial charge in [-0.25, -0.2) is 0 Å². The van der Waals surface area contributed by atoms with Gasteiger partial charge in [0.2, 0.25) is 0 Å². The van der Waals surface area contributed by atoms with E-state index in [1.807, 2.05) is 12.1 Å². The van der Waals surface area contributed by atoms with E-state index in [2.05, 4.69) is 80.6 Å². The van der Waals surface area contributed by atoms with Crippen LogP contribution in [0.3, 0.4) is 0 Å². The number of hydrogen-bond acceptors (Lipinski definition) is 1. The Bertz CT molecular complexity index is 1360. The van der Waals surface area contributed by atoms with Gasteiger partial charge in [0.15, 0.2) is 0 Å². The van der Waals surface area contributed by atoms with Crippen molar-refractivity contribution in [3.63, 3.8) is 0 Å². The van der Waals surface area contributed by atoms with Crippen LogP contribution in [0.1, 0.15) is 11.1 Å². The molecule has 0 aliphatic heterocycles. The average Bonchev–Trinajstić information content (AvgIpc) is 2.73. The van der Waals surface area contributed by atoms with Crippen LogP contribution in [0.25, 0.3) is 43.8 Å². The van der Waals surface area contributed by atoms with Gasteiger partial charge in [0.25, 0.3) is 0 Å². The highest BCUT2D eigenvalue weighted by molar-refractivity contribution is 6.10. The van der Waals surface area contributed by atoms with Crippen molar-refractivity contribution in [3.8, 4) is 28.0 Å². The van der Waals surface area contributed by atoms with Gasteiger partial charge in [-0.05, 0) is 93.0 Å². The molecule has 0 aliphatic carbocycles. The summed E-state index contributed by atoms with van der Waals surface area (Å²) in [6.07, 6.45) is 0. The molecule has 0 unspecified atom stereocenters. The highest BCUT2D eigenvalue weighted by atomic mass is 16.3. The first-order valence-corrected chi connectivity index (χ1v) is 9.93. The van der Waals surface area contributed by atoms with Crippen molar-refractivity contribution >= 4 is 21.5 Å². The maximum absolute atomic E-state index is 9.79. The number of benzene rings is 5. The van der Waals surface area contributed by atoms with Crippen LogP contribution in [0.15, 0.2) is 91.0 Å². The van der Waals surface area contributed by atoms with E-state index >= 15 is 0 Å². The fourth-order valence-electron chi connectivity index (χ4n) is 4.36. The average molecular weight is 374 g/mol. The Labute approximate surface area is 170 Å². The Hall–Kier alpha value is -3.58. The van der Waals surface area contributed by atoms with Gasteiger partial charge in [-0.2, -0.15) is 0 Å². The topological polar surface area (TPSA) is 20.2 Å². The molecule has 0 aliphatic rings. The lowest BCUT2D eigenvalue weighted by atomic mass is 9.84. The quantitative estimate of drug-likeness (QED) is 0.315. The van der Waals surface area contributed by atoms with Crippen LogP contribution in [-0.4, -0.2) is 5.11 Å². The molecule has 1 N–H and O–H groups in total. The molecule has 0 aromatic heterocycles. The highest BCUT2D eigenvalue weighted by Crippen LogP contribution is 2.43. The predicted octanol–water partition coefficient (Wildman–Crippen LogP) is 7.65. The SMILES string of the molecule is Cc1ccccc1-c1c(-c2ccc(O)cc2)c(C)cc2cc3ccccc3cc12. The van der Waals surface area contributed by atoms with E-state index in [0.29, 0.717) is 0 Å². The molecule has 5 aromatic rings. The largest absolute Gasteiger partial charge is 0.508 e. The third-order valence-electron chi connectivity index (χ3n) is 5.77. The summed E-state index contributed by atoms with van der Waals surface area (Å²) in [7, 11) is 0. The number of aromatic hydroxyl groups is 1. The summed E-state index contributed by atoms with van der Waals surface area (Å²) in [5.41, 5.74) is 7.34. The summed E-state index contributed by atoms with van der Waals surface area (Å²) in [4.78, 5) is 0. The predicted molar refractivity (Wildman–Crippen MR) is 123 cm³/mol. The van der Waals surface area contributed by atoms with Gasteiger partial charge in [0, 0.05) is 0 Å². The van der Waals surface area contributed by atoms with Gasteiger partial charge in [0.1, 0.15) is 5.75 Å². The van der Waals surface area contributed by atoms with Gasteiger partial charge in [-0.15, -0.1) is 0 Å². The van der Waals surface area contributed by atoms with Crippen LogP contribution in [0.5, 0.6) is 5.75 Å². The van der Waals surface area contributed by atoms with E-state index < -0.39 is 0 Å². The molecular formula is C28H22O. The zero-order chi connectivity index (χ0) is 20.0. The molecule has 0 heterocycles. The molecule has 29 heavy (non-hydrogen) atoms. The molecule has 0 fully saturated rings. The maximum Gasteiger partial charge on any atom is 0.115 e. The molecule has 0 amide bonds. The first-order chi connectivity index (χ1) is 14.1.